The molecule has 3 aliphatic rings. The van der Waals surface area contributed by atoms with Crippen LogP contribution in [0.5, 0.6) is 23.0 Å². The number of pyridine rings is 4. The van der Waals surface area contributed by atoms with E-state index in [-0.39, 0.29) is 47.7 Å². The molecule has 7 heterocycles. The van der Waals surface area contributed by atoms with Gasteiger partial charge in [0, 0.05) is 99.2 Å². The fourth-order valence-electron chi connectivity index (χ4n) is 10.2. The zero-order valence-electron chi connectivity index (χ0n) is 45.0. The van der Waals surface area contributed by atoms with E-state index in [1.54, 1.807) is 53.0 Å². The predicted octanol–water partition coefficient (Wildman–Crippen LogP) is 11.5. The molecule has 0 saturated carbocycles. The lowest BCUT2D eigenvalue weighted by Crippen LogP contribution is -2.45. The summed E-state index contributed by atoms with van der Waals surface area (Å²) >= 11 is 15.8. The molecular formula is C58H66BrCl2N7O9. The second-order valence-electron chi connectivity index (χ2n) is 19.5. The Morgan fingerprint density at radius 1 is 0.455 bits per heavy atom. The molecule has 3 aliphatic heterocycles. The topological polar surface area (TPSA) is 166 Å². The predicted molar refractivity (Wildman–Crippen MR) is 313 cm³/mol. The summed E-state index contributed by atoms with van der Waals surface area (Å²) in [6.07, 6.45) is 8.23. The normalized spacial score (nSPS) is 20.4. The van der Waals surface area contributed by atoms with Gasteiger partial charge in [-0.2, -0.15) is 0 Å². The van der Waals surface area contributed by atoms with Crippen molar-refractivity contribution in [2.45, 2.75) is 78.2 Å². The maximum Gasteiger partial charge on any atom is 0.255 e. The Morgan fingerprint density at radius 2 is 0.753 bits per heavy atom. The van der Waals surface area contributed by atoms with Crippen molar-refractivity contribution in [3.05, 3.63) is 133 Å². The van der Waals surface area contributed by atoms with E-state index in [0.29, 0.717) is 21.1 Å². The molecule has 19 heteroatoms. The van der Waals surface area contributed by atoms with E-state index in [4.69, 9.17) is 56.4 Å². The molecule has 408 valence electrons. The Morgan fingerprint density at radius 3 is 1.12 bits per heavy atom. The van der Waals surface area contributed by atoms with Crippen LogP contribution >= 0.6 is 39.1 Å². The molecule has 3 saturated heterocycles. The number of nitrogens with one attached hydrogen (secondary N) is 2. The van der Waals surface area contributed by atoms with E-state index in [1.807, 2.05) is 73.1 Å². The summed E-state index contributed by atoms with van der Waals surface area (Å²) in [6, 6.07) is 22.7. The standard InChI is InChI=1S/2C16H19ClN2O2.C16H20N2O3.C10H8BrNO2/c2*1-10-8-19(9-11(2)21-10)15-7-18-16(17)13-5-4-12(20-3)6-14(13)15;1-10-8-18(9-11(2)21-10)15-7-17-16(19)13-5-4-12(20-3)6-14(13)15;1-14-6-2-3-7-8(4-6)9(11)5-12-10(7)13/h2*4-7,10-11H,8-9H2,1-3H3;4-7,10-11H,8-9H2,1-3H3,(H,17,19);2-5H,1H3,(H,12,13). The number of morpholine rings is 3. The molecule has 6 unspecified atom stereocenters. The maximum absolute atomic E-state index is 12.0. The molecule has 0 bridgehead atoms. The Balaban J connectivity index is 0.000000137. The first-order chi connectivity index (χ1) is 37.0. The van der Waals surface area contributed by atoms with E-state index < -0.39 is 0 Å². The molecule has 6 atom stereocenters. The molecule has 3 fully saturated rings. The van der Waals surface area contributed by atoms with Gasteiger partial charge in [-0.3, -0.25) is 9.59 Å². The molecule has 0 aliphatic carbocycles. The maximum atomic E-state index is 12.0. The summed E-state index contributed by atoms with van der Waals surface area (Å²) in [5.41, 5.74) is 3.01. The summed E-state index contributed by atoms with van der Waals surface area (Å²) in [5, 5.41) is 8.17. The first-order valence-electron chi connectivity index (χ1n) is 25.5. The Kier molecular flexibility index (Phi) is 18.8. The third kappa shape index (κ3) is 13.5. The highest BCUT2D eigenvalue weighted by Gasteiger charge is 2.27. The van der Waals surface area contributed by atoms with Crippen molar-refractivity contribution in [2.75, 3.05) is 82.4 Å². The van der Waals surface area contributed by atoms with Crippen LogP contribution in [0.15, 0.2) is 112 Å². The van der Waals surface area contributed by atoms with Crippen LogP contribution in [-0.2, 0) is 14.2 Å². The number of halogens is 3. The minimum Gasteiger partial charge on any atom is -0.497 e. The van der Waals surface area contributed by atoms with Gasteiger partial charge >= 0.3 is 0 Å². The first-order valence-corrected chi connectivity index (χ1v) is 27.0. The van der Waals surface area contributed by atoms with Crippen LogP contribution in [0, 0.1) is 0 Å². The number of H-pyrrole nitrogens is 2. The van der Waals surface area contributed by atoms with Crippen molar-refractivity contribution in [1.82, 2.24) is 19.9 Å². The number of hydrogen-bond acceptors (Lipinski definition) is 14. The highest BCUT2D eigenvalue weighted by atomic mass is 79.9. The molecule has 8 aromatic rings. The third-order valence-corrected chi connectivity index (χ3v) is 14.7. The van der Waals surface area contributed by atoms with E-state index in [2.05, 4.69) is 92.1 Å². The minimum absolute atomic E-state index is 0.0780. The first kappa shape index (κ1) is 56.9. The van der Waals surface area contributed by atoms with Gasteiger partial charge in [-0.05, 0) is 130 Å². The van der Waals surface area contributed by atoms with Crippen LogP contribution in [0.3, 0.4) is 0 Å². The van der Waals surface area contributed by atoms with Crippen LogP contribution in [-0.4, -0.2) is 124 Å². The average Bonchev–Trinajstić information content (AvgIpc) is 3.42. The van der Waals surface area contributed by atoms with Gasteiger partial charge in [0.15, 0.2) is 0 Å². The van der Waals surface area contributed by atoms with Gasteiger partial charge in [0.25, 0.3) is 11.1 Å². The molecule has 0 amide bonds. The van der Waals surface area contributed by atoms with Crippen LogP contribution < -0.4 is 44.8 Å². The lowest BCUT2D eigenvalue weighted by Gasteiger charge is -2.37. The van der Waals surface area contributed by atoms with Crippen LogP contribution in [0.1, 0.15) is 41.5 Å². The van der Waals surface area contributed by atoms with E-state index in [1.165, 1.54) is 0 Å². The lowest BCUT2D eigenvalue weighted by molar-refractivity contribution is -0.00542. The molecule has 4 aromatic heterocycles. The highest BCUT2D eigenvalue weighted by Crippen LogP contribution is 2.37. The molecular weight excluding hydrogens is 1090 g/mol. The van der Waals surface area contributed by atoms with E-state index in [0.717, 1.165) is 116 Å². The van der Waals surface area contributed by atoms with Crippen molar-refractivity contribution >= 4 is 99.3 Å². The van der Waals surface area contributed by atoms with Crippen molar-refractivity contribution in [3.8, 4) is 23.0 Å². The van der Waals surface area contributed by atoms with Crippen molar-refractivity contribution in [1.29, 1.82) is 0 Å². The van der Waals surface area contributed by atoms with Gasteiger partial charge in [0.2, 0.25) is 0 Å². The Hall–Kier alpha value is -6.34. The fourth-order valence-corrected chi connectivity index (χ4v) is 11.0. The minimum atomic E-state index is -0.0918. The van der Waals surface area contributed by atoms with E-state index >= 15 is 0 Å². The average molecular weight is 1160 g/mol. The van der Waals surface area contributed by atoms with Gasteiger partial charge in [0.05, 0.1) is 94.5 Å². The van der Waals surface area contributed by atoms with Crippen LogP contribution in [0.25, 0.3) is 43.1 Å². The fraction of sp³-hybridized carbons (Fsp3) is 0.379. The zero-order chi connectivity index (χ0) is 55.1. The SMILES string of the molecule is COc1ccc2c(=O)[nH]cc(Br)c2c1.COc1ccc2c(=O)[nH]cc(N3CC(C)OC(C)C3)c2c1.COc1ccc2c(Cl)ncc(N3CC(C)OC(C)C3)c2c1.COc1ccc2c(Cl)ncc(N3CC(C)OC(C)C3)c2c1. The zero-order valence-corrected chi connectivity index (χ0v) is 48.1. The number of aromatic amines is 2. The number of benzene rings is 4. The van der Waals surface area contributed by atoms with Gasteiger partial charge in [0.1, 0.15) is 33.3 Å². The number of methoxy groups -OCH3 is 4. The van der Waals surface area contributed by atoms with Crippen LogP contribution in [0.4, 0.5) is 17.1 Å². The molecule has 4 aromatic carbocycles. The molecule has 11 rings (SSSR count). The Labute approximate surface area is 466 Å². The highest BCUT2D eigenvalue weighted by molar-refractivity contribution is 9.10. The van der Waals surface area contributed by atoms with Crippen molar-refractivity contribution in [3.63, 3.8) is 0 Å². The number of fused-ring (bicyclic) bond motifs is 4. The molecule has 16 nitrogen and oxygen atoms in total. The summed E-state index contributed by atoms with van der Waals surface area (Å²) in [7, 11) is 6.57. The molecule has 0 radical (unpaired) electrons. The van der Waals surface area contributed by atoms with Crippen molar-refractivity contribution < 1.29 is 33.2 Å². The number of nitrogens with zero attached hydrogens (tertiary/aromatic N) is 5. The summed E-state index contributed by atoms with van der Waals surface area (Å²) in [4.78, 5) is 44.4. The molecule has 0 spiro atoms. The number of aromatic nitrogens is 4. The number of ether oxygens (including phenoxy) is 7. The smallest absolute Gasteiger partial charge is 0.255 e. The third-order valence-electron chi connectivity index (χ3n) is 13.5. The molecule has 77 heavy (non-hydrogen) atoms. The number of rotatable bonds is 7. The number of anilines is 3. The van der Waals surface area contributed by atoms with Gasteiger partial charge < -0.3 is 57.8 Å². The monoisotopic (exact) mass is 1150 g/mol. The number of hydrogen-bond donors (Lipinski definition) is 2. The van der Waals surface area contributed by atoms with Gasteiger partial charge in [-0.15, -0.1) is 0 Å². The van der Waals surface area contributed by atoms with E-state index in [9.17, 15) is 9.59 Å². The quantitative estimate of drug-likeness (QED) is 0.145. The summed E-state index contributed by atoms with van der Waals surface area (Å²) < 4.78 is 39.3. The molecule has 2 N–H and O–H groups in total. The van der Waals surface area contributed by atoms with Gasteiger partial charge in [-0.1, -0.05) is 23.2 Å². The second kappa shape index (κ2) is 25.4. The second-order valence-corrected chi connectivity index (χ2v) is 21.0. The summed E-state index contributed by atoms with van der Waals surface area (Å²) in [5.74, 6) is 3.13. The lowest BCUT2D eigenvalue weighted by atomic mass is 10.1. The van der Waals surface area contributed by atoms with Gasteiger partial charge in [-0.25, -0.2) is 9.97 Å². The van der Waals surface area contributed by atoms with Crippen molar-refractivity contribution in [2.24, 2.45) is 0 Å². The summed E-state index contributed by atoms with van der Waals surface area (Å²) in [6.45, 7) is 17.5. The largest absolute Gasteiger partial charge is 0.497 e. The Bertz CT molecular complexity index is 3330. The van der Waals surface area contributed by atoms with Crippen LogP contribution in [0.2, 0.25) is 10.3 Å².